The number of rotatable bonds is 5. The van der Waals surface area contributed by atoms with Crippen LogP contribution in [0.1, 0.15) is 48.1 Å². The molecule has 1 aliphatic carbocycles. The maximum Gasteiger partial charge on any atom is 0.339 e. The van der Waals surface area contributed by atoms with Gasteiger partial charge in [-0.3, -0.25) is 0 Å². The maximum atomic E-state index is 10.8. The van der Waals surface area contributed by atoms with Crippen molar-refractivity contribution < 1.29 is 14.3 Å². The van der Waals surface area contributed by atoms with Gasteiger partial charge < -0.3 is 14.8 Å². The number of aryl methyl sites for hydroxylation is 1. The minimum atomic E-state index is -0.927. The third kappa shape index (κ3) is 2.69. The fraction of sp³-hybridized carbons (Fsp3) is 0.615. The molecule has 2 rings (SSSR count). The topological polar surface area (TPSA) is 62.5 Å². The van der Waals surface area contributed by atoms with Crippen LogP contribution in [-0.4, -0.2) is 17.6 Å². The van der Waals surface area contributed by atoms with E-state index in [9.17, 15) is 4.79 Å². The van der Waals surface area contributed by atoms with E-state index in [1.165, 1.54) is 19.3 Å². The molecule has 4 nitrogen and oxygen atoms in total. The first-order chi connectivity index (χ1) is 8.00. The van der Waals surface area contributed by atoms with E-state index in [4.69, 9.17) is 9.52 Å². The molecule has 0 atom stereocenters. The van der Waals surface area contributed by atoms with E-state index in [2.05, 4.69) is 12.2 Å². The third-order valence-electron chi connectivity index (χ3n) is 3.61. The van der Waals surface area contributed by atoms with Crippen molar-refractivity contribution in [1.82, 2.24) is 5.32 Å². The Morgan fingerprint density at radius 2 is 2.29 bits per heavy atom. The number of carbonyl (C=O) groups is 1. The fourth-order valence-electron chi connectivity index (χ4n) is 2.29. The average Bonchev–Trinajstić information content (AvgIpc) is 2.57. The molecule has 94 valence electrons. The quantitative estimate of drug-likeness (QED) is 0.826. The molecule has 1 saturated carbocycles. The summed E-state index contributed by atoms with van der Waals surface area (Å²) in [7, 11) is 0. The van der Waals surface area contributed by atoms with Gasteiger partial charge in [0.1, 0.15) is 17.1 Å². The van der Waals surface area contributed by atoms with Gasteiger partial charge in [-0.2, -0.15) is 0 Å². The molecule has 2 N–H and O–H groups in total. The summed E-state index contributed by atoms with van der Waals surface area (Å²) in [6.45, 7) is 5.53. The molecule has 4 heteroatoms. The van der Waals surface area contributed by atoms with Crippen molar-refractivity contribution in [2.45, 2.75) is 39.7 Å². The maximum absolute atomic E-state index is 10.8. The second-order valence-corrected chi connectivity index (χ2v) is 5.26. The van der Waals surface area contributed by atoms with Crippen molar-refractivity contribution in [3.8, 4) is 0 Å². The Bertz CT molecular complexity index is 418. The fourth-order valence-corrected chi connectivity index (χ4v) is 2.29. The Morgan fingerprint density at radius 1 is 1.59 bits per heavy atom. The van der Waals surface area contributed by atoms with Gasteiger partial charge >= 0.3 is 5.97 Å². The van der Waals surface area contributed by atoms with Crippen molar-refractivity contribution in [2.24, 2.45) is 5.41 Å². The summed E-state index contributed by atoms with van der Waals surface area (Å²) < 4.78 is 5.40. The number of carboxylic acids is 1. The zero-order chi connectivity index (χ0) is 12.5. The van der Waals surface area contributed by atoms with E-state index < -0.39 is 5.97 Å². The number of hydrogen-bond acceptors (Lipinski definition) is 3. The summed E-state index contributed by atoms with van der Waals surface area (Å²) in [5, 5.41) is 12.2. The second-order valence-electron chi connectivity index (χ2n) is 5.26. The molecule has 1 aromatic rings. The van der Waals surface area contributed by atoms with Crippen LogP contribution in [0.4, 0.5) is 0 Å². The van der Waals surface area contributed by atoms with Gasteiger partial charge in [0.05, 0.1) is 6.54 Å². The molecule has 1 heterocycles. The van der Waals surface area contributed by atoms with E-state index in [-0.39, 0.29) is 5.56 Å². The zero-order valence-corrected chi connectivity index (χ0v) is 10.4. The minimum absolute atomic E-state index is 0.261. The van der Waals surface area contributed by atoms with Crippen molar-refractivity contribution in [3.63, 3.8) is 0 Å². The minimum Gasteiger partial charge on any atom is -0.478 e. The van der Waals surface area contributed by atoms with Gasteiger partial charge in [-0.15, -0.1) is 0 Å². The van der Waals surface area contributed by atoms with Gasteiger partial charge in [0.15, 0.2) is 0 Å². The Morgan fingerprint density at radius 3 is 2.76 bits per heavy atom. The first-order valence-corrected chi connectivity index (χ1v) is 6.03. The highest BCUT2D eigenvalue weighted by Gasteiger charge is 2.31. The SMILES string of the molecule is Cc1oc(CNCC2(C)CCC2)cc1C(=O)O. The lowest BCUT2D eigenvalue weighted by atomic mass is 9.70. The third-order valence-corrected chi connectivity index (χ3v) is 3.61. The molecule has 0 bridgehead atoms. The van der Waals surface area contributed by atoms with E-state index in [1.54, 1.807) is 13.0 Å². The Kier molecular flexibility index (Phi) is 3.24. The normalized spacial score (nSPS) is 17.8. The van der Waals surface area contributed by atoms with E-state index in [1.807, 2.05) is 0 Å². The van der Waals surface area contributed by atoms with Crippen molar-refractivity contribution in [3.05, 3.63) is 23.2 Å². The van der Waals surface area contributed by atoms with Gasteiger partial charge in [-0.1, -0.05) is 13.3 Å². The van der Waals surface area contributed by atoms with Crippen molar-refractivity contribution in [1.29, 1.82) is 0 Å². The molecule has 0 unspecified atom stereocenters. The molecule has 1 fully saturated rings. The van der Waals surface area contributed by atoms with Crippen LogP contribution in [0, 0.1) is 12.3 Å². The van der Waals surface area contributed by atoms with Crippen LogP contribution in [0.15, 0.2) is 10.5 Å². The monoisotopic (exact) mass is 237 g/mol. The summed E-state index contributed by atoms with van der Waals surface area (Å²) in [6.07, 6.45) is 3.87. The largest absolute Gasteiger partial charge is 0.478 e. The lowest BCUT2D eigenvalue weighted by molar-refractivity contribution is 0.0695. The van der Waals surface area contributed by atoms with E-state index >= 15 is 0 Å². The number of hydrogen-bond donors (Lipinski definition) is 2. The average molecular weight is 237 g/mol. The highest BCUT2D eigenvalue weighted by Crippen LogP contribution is 2.39. The lowest BCUT2D eigenvalue weighted by Crippen LogP contribution is -2.36. The first kappa shape index (κ1) is 12.2. The Hall–Kier alpha value is -1.29. The number of furan rings is 1. The Labute approximate surface area is 101 Å². The summed E-state index contributed by atoms with van der Waals surface area (Å²) >= 11 is 0. The predicted octanol–water partition coefficient (Wildman–Crippen LogP) is 2.57. The highest BCUT2D eigenvalue weighted by atomic mass is 16.4. The van der Waals surface area contributed by atoms with Crippen LogP contribution < -0.4 is 5.32 Å². The summed E-state index contributed by atoms with van der Waals surface area (Å²) in [4.78, 5) is 10.8. The standard InChI is InChI=1S/C13H19NO3/c1-9-11(12(15)16)6-10(17-9)7-14-8-13(2)4-3-5-13/h6,14H,3-5,7-8H2,1-2H3,(H,15,16). The summed E-state index contributed by atoms with van der Waals surface area (Å²) in [5.74, 6) is 0.246. The molecule has 0 aliphatic heterocycles. The van der Waals surface area contributed by atoms with E-state index in [0.29, 0.717) is 23.5 Å². The molecular formula is C13H19NO3. The molecule has 0 aromatic carbocycles. The second kappa shape index (κ2) is 4.53. The predicted molar refractivity (Wildman–Crippen MR) is 64.1 cm³/mol. The Balaban J connectivity index is 1.86. The number of aromatic carboxylic acids is 1. The highest BCUT2D eigenvalue weighted by molar-refractivity contribution is 5.88. The van der Waals surface area contributed by atoms with Crippen molar-refractivity contribution in [2.75, 3.05) is 6.54 Å². The number of nitrogens with one attached hydrogen (secondary N) is 1. The van der Waals surface area contributed by atoms with Gasteiger partial charge in [0.25, 0.3) is 0 Å². The van der Waals surface area contributed by atoms with Crippen LogP contribution in [0.25, 0.3) is 0 Å². The molecule has 0 saturated heterocycles. The van der Waals surface area contributed by atoms with Crippen molar-refractivity contribution >= 4 is 5.97 Å². The molecule has 1 aromatic heterocycles. The zero-order valence-electron chi connectivity index (χ0n) is 10.4. The molecule has 1 aliphatic rings. The molecular weight excluding hydrogens is 218 g/mol. The first-order valence-electron chi connectivity index (χ1n) is 6.03. The molecule has 0 spiro atoms. The number of carboxylic acid groups (broad SMARTS) is 1. The van der Waals surface area contributed by atoms with Gasteiger partial charge in [0.2, 0.25) is 0 Å². The van der Waals surface area contributed by atoms with Gasteiger partial charge in [0, 0.05) is 6.54 Å². The van der Waals surface area contributed by atoms with Crippen LogP contribution in [0.5, 0.6) is 0 Å². The molecule has 17 heavy (non-hydrogen) atoms. The van der Waals surface area contributed by atoms with Crippen LogP contribution in [-0.2, 0) is 6.54 Å². The lowest BCUT2D eigenvalue weighted by Gasteiger charge is -2.38. The van der Waals surface area contributed by atoms with E-state index in [0.717, 1.165) is 6.54 Å². The van der Waals surface area contributed by atoms with Crippen LogP contribution >= 0.6 is 0 Å². The smallest absolute Gasteiger partial charge is 0.339 e. The van der Waals surface area contributed by atoms with Gasteiger partial charge in [-0.25, -0.2) is 4.79 Å². The summed E-state index contributed by atoms with van der Waals surface area (Å²) in [6, 6.07) is 1.60. The van der Waals surface area contributed by atoms with Crippen LogP contribution in [0.2, 0.25) is 0 Å². The molecule has 0 radical (unpaired) electrons. The van der Waals surface area contributed by atoms with Gasteiger partial charge in [-0.05, 0) is 31.2 Å². The molecule has 0 amide bonds. The van der Waals surface area contributed by atoms with Crippen LogP contribution in [0.3, 0.4) is 0 Å². The summed E-state index contributed by atoms with van der Waals surface area (Å²) in [5.41, 5.74) is 0.689.